The highest BCUT2D eigenvalue weighted by atomic mass is 16.2. The summed E-state index contributed by atoms with van der Waals surface area (Å²) in [5.41, 5.74) is 16.9. The van der Waals surface area contributed by atoms with Gasteiger partial charge in [-0.25, -0.2) is 4.98 Å². The van der Waals surface area contributed by atoms with Crippen LogP contribution in [0.4, 0.5) is 11.5 Å². The SMILES string of the molecule is C=Nc1cc(C(N)=O)cnc1N(C/C=C/CN)C(=O)c1cc(C)nn1CC.CC.CC.CN. The molecule has 0 atom stereocenters. The molecule has 2 aromatic rings. The summed E-state index contributed by atoms with van der Waals surface area (Å²) in [6.45, 7) is 16.3. The predicted octanol–water partition coefficient (Wildman–Crippen LogP) is 2.83. The highest BCUT2D eigenvalue weighted by molar-refractivity contribution is 6.06. The maximum absolute atomic E-state index is 13.2. The Morgan fingerprint density at radius 2 is 1.79 bits per heavy atom. The van der Waals surface area contributed by atoms with Gasteiger partial charge in [-0.3, -0.25) is 24.2 Å². The number of primary amides is 1. The molecule has 0 aliphatic carbocycles. The van der Waals surface area contributed by atoms with Gasteiger partial charge in [-0.1, -0.05) is 39.8 Å². The normalized spacial score (nSPS) is 9.48. The van der Waals surface area contributed by atoms with E-state index in [0.717, 1.165) is 5.69 Å². The van der Waals surface area contributed by atoms with Crippen molar-refractivity contribution in [1.82, 2.24) is 14.8 Å². The third-order valence-corrected chi connectivity index (χ3v) is 3.81. The molecule has 0 unspecified atom stereocenters. The van der Waals surface area contributed by atoms with Gasteiger partial charge in [0.1, 0.15) is 11.4 Å². The minimum atomic E-state index is -0.639. The van der Waals surface area contributed by atoms with E-state index in [4.69, 9.17) is 11.5 Å². The van der Waals surface area contributed by atoms with Crippen LogP contribution in [0.1, 0.15) is 61.2 Å². The van der Waals surface area contributed by atoms with Crippen molar-refractivity contribution >= 4 is 30.0 Å². The summed E-state index contributed by atoms with van der Waals surface area (Å²) >= 11 is 0. The Morgan fingerprint density at radius 3 is 2.27 bits per heavy atom. The second kappa shape index (κ2) is 18.2. The molecule has 0 saturated heterocycles. The third kappa shape index (κ3) is 9.34. The van der Waals surface area contributed by atoms with Gasteiger partial charge in [-0.2, -0.15) is 5.10 Å². The van der Waals surface area contributed by atoms with E-state index < -0.39 is 5.91 Å². The highest BCUT2D eigenvalue weighted by Gasteiger charge is 2.24. The van der Waals surface area contributed by atoms with Crippen molar-refractivity contribution in [1.29, 1.82) is 0 Å². The minimum Gasteiger partial charge on any atom is -0.366 e. The van der Waals surface area contributed by atoms with Gasteiger partial charge in [-0.15, -0.1) is 0 Å². The van der Waals surface area contributed by atoms with Gasteiger partial charge in [0.15, 0.2) is 5.82 Å². The third-order valence-electron chi connectivity index (χ3n) is 3.81. The topological polar surface area (TPSA) is 159 Å². The van der Waals surface area contributed by atoms with Crippen molar-refractivity contribution in [3.8, 4) is 0 Å². The molecule has 33 heavy (non-hydrogen) atoms. The van der Waals surface area contributed by atoms with Gasteiger partial charge in [0.2, 0.25) is 5.91 Å². The summed E-state index contributed by atoms with van der Waals surface area (Å²) in [4.78, 5) is 34.2. The van der Waals surface area contributed by atoms with E-state index in [1.807, 2.05) is 41.5 Å². The van der Waals surface area contributed by atoms with Crippen LogP contribution in [-0.2, 0) is 6.54 Å². The first-order valence-corrected chi connectivity index (χ1v) is 11.0. The van der Waals surface area contributed by atoms with E-state index in [2.05, 4.69) is 27.5 Å². The zero-order valence-electron chi connectivity index (χ0n) is 21.0. The van der Waals surface area contributed by atoms with E-state index in [9.17, 15) is 9.59 Å². The number of nitrogens with zero attached hydrogens (tertiary/aromatic N) is 5. The molecule has 0 aliphatic rings. The Balaban J connectivity index is 0. The number of hydrogen-bond acceptors (Lipinski definition) is 7. The molecule has 2 amide bonds. The quantitative estimate of drug-likeness (QED) is 0.406. The second-order valence-electron chi connectivity index (χ2n) is 5.70. The van der Waals surface area contributed by atoms with Crippen molar-refractivity contribution in [2.75, 3.05) is 25.0 Å². The minimum absolute atomic E-state index is 0.181. The average molecular weight is 461 g/mol. The monoisotopic (exact) mass is 460 g/mol. The molecule has 0 spiro atoms. The number of nitrogens with two attached hydrogens (primary N) is 3. The molecule has 0 radical (unpaired) electrons. The van der Waals surface area contributed by atoms with Crippen LogP contribution < -0.4 is 22.1 Å². The van der Waals surface area contributed by atoms with Crippen molar-refractivity contribution in [3.63, 3.8) is 0 Å². The number of pyridine rings is 1. The summed E-state index contributed by atoms with van der Waals surface area (Å²) in [7, 11) is 1.50. The molecule has 2 rings (SSSR count). The Morgan fingerprint density at radius 1 is 1.18 bits per heavy atom. The molecule has 2 aromatic heterocycles. The first-order chi connectivity index (χ1) is 15.9. The lowest BCUT2D eigenvalue weighted by Crippen LogP contribution is -2.34. The van der Waals surface area contributed by atoms with E-state index in [0.29, 0.717) is 18.8 Å². The van der Waals surface area contributed by atoms with Crippen LogP contribution in [0.25, 0.3) is 0 Å². The molecule has 0 aromatic carbocycles. The number of aromatic nitrogens is 3. The van der Waals surface area contributed by atoms with Crippen molar-refractivity contribution in [2.45, 2.75) is 48.1 Å². The van der Waals surface area contributed by atoms with Crippen LogP contribution in [0.2, 0.25) is 0 Å². The van der Waals surface area contributed by atoms with E-state index in [1.165, 1.54) is 24.2 Å². The van der Waals surface area contributed by atoms with Gasteiger partial charge in [0.25, 0.3) is 5.91 Å². The van der Waals surface area contributed by atoms with Gasteiger partial charge in [0, 0.05) is 25.8 Å². The van der Waals surface area contributed by atoms with Crippen LogP contribution in [0.15, 0.2) is 35.5 Å². The summed E-state index contributed by atoms with van der Waals surface area (Å²) < 4.78 is 1.62. The van der Waals surface area contributed by atoms with Crippen molar-refractivity contribution in [2.24, 2.45) is 22.2 Å². The number of amides is 2. The lowest BCUT2D eigenvalue weighted by molar-refractivity contribution is 0.0977. The fourth-order valence-electron chi connectivity index (χ4n) is 2.54. The molecule has 10 nitrogen and oxygen atoms in total. The molecule has 0 fully saturated rings. The Hall–Kier alpha value is -3.37. The zero-order chi connectivity index (χ0) is 26.0. The molecular weight excluding hydrogens is 420 g/mol. The molecule has 0 aliphatic heterocycles. The molecule has 2 heterocycles. The van der Waals surface area contributed by atoms with Crippen LogP contribution >= 0.6 is 0 Å². The Labute approximate surface area is 197 Å². The van der Waals surface area contributed by atoms with E-state index in [1.54, 1.807) is 22.9 Å². The van der Waals surface area contributed by atoms with Crippen molar-refractivity contribution < 1.29 is 9.59 Å². The average Bonchev–Trinajstić information content (AvgIpc) is 3.25. The summed E-state index contributed by atoms with van der Waals surface area (Å²) in [6, 6.07) is 3.16. The van der Waals surface area contributed by atoms with Gasteiger partial charge in [0.05, 0.1) is 11.3 Å². The number of carbonyl (C=O) groups is 2. The van der Waals surface area contributed by atoms with E-state index in [-0.39, 0.29) is 29.5 Å². The molecule has 0 saturated carbocycles. The maximum atomic E-state index is 13.2. The van der Waals surface area contributed by atoms with Gasteiger partial charge in [-0.05, 0) is 39.7 Å². The number of aryl methyl sites for hydroxylation is 2. The molecule has 184 valence electrons. The fraction of sp³-hybridized carbons (Fsp3) is 0.435. The smallest absolute Gasteiger partial charge is 0.278 e. The number of carbonyl (C=O) groups excluding carboxylic acids is 2. The predicted molar refractivity (Wildman–Crippen MR) is 137 cm³/mol. The number of rotatable bonds is 8. The van der Waals surface area contributed by atoms with Crippen LogP contribution in [0.3, 0.4) is 0 Å². The Bertz CT molecular complexity index is 891. The second-order valence-corrected chi connectivity index (χ2v) is 5.70. The van der Waals surface area contributed by atoms with Crippen LogP contribution in [-0.4, -0.2) is 53.4 Å². The number of hydrogen-bond donors (Lipinski definition) is 3. The molecular formula is C23H40N8O2. The van der Waals surface area contributed by atoms with Crippen LogP contribution in [0, 0.1) is 6.92 Å². The van der Waals surface area contributed by atoms with Gasteiger partial charge < -0.3 is 17.2 Å². The number of aliphatic imine (C=N–C) groups is 1. The molecule has 0 bridgehead atoms. The van der Waals surface area contributed by atoms with Gasteiger partial charge >= 0.3 is 0 Å². The Kier molecular flexibility index (Phi) is 17.6. The first kappa shape index (κ1) is 31.8. The lowest BCUT2D eigenvalue weighted by atomic mass is 10.2. The summed E-state index contributed by atoms with van der Waals surface area (Å²) in [5, 5.41) is 4.32. The molecule has 10 heteroatoms. The first-order valence-electron chi connectivity index (χ1n) is 11.0. The standard InChI is InChI=1S/C18H23N7O2.2C2H6.CH5N/c1-4-25-15(9-12(2)23-25)18(27)24(8-6-5-7-19)17-14(21-3)10-13(11-22-17)16(20)26;3*1-2/h5-6,9-11H,3-4,7-8,19H2,1-2H3,(H2,20,26);2*1-2H3;2H2,1H3/b6-5+;;;. The maximum Gasteiger partial charge on any atom is 0.278 e. The summed E-state index contributed by atoms with van der Waals surface area (Å²) in [6.07, 6.45) is 4.80. The largest absolute Gasteiger partial charge is 0.366 e. The number of anilines is 1. The molecule has 6 N–H and O–H groups in total. The summed E-state index contributed by atoms with van der Waals surface area (Å²) in [5.74, 6) is -0.675. The zero-order valence-corrected chi connectivity index (χ0v) is 21.0. The fourth-order valence-corrected chi connectivity index (χ4v) is 2.54. The highest BCUT2D eigenvalue weighted by Crippen LogP contribution is 2.28. The van der Waals surface area contributed by atoms with Crippen LogP contribution in [0.5, 0.6) is 0 Å². The lowest BCUT2D eigenvalue weighted by Gasteiger charge is -2.22. The van der Waals surface area contributed by atoms with E-state index >= 15 is 0 Å². The van der Waals surface area contributed by atoms with Crippen molar-refractivity contribution in [3.05, 3.63) is 47.4 Å².